The molecule has 0 aromatic heterocycles. The summed E-state index contributed by atoms with van der Waals surface area (Å²) in [7, 11) is 0. The van der Waals surface area contributed by atoms with Crippen molar-refractivity contribution in [2.45, 2.75) is 44.6 Å². The molecule has 6 nitrogen and oxygen atoms in total. The second-order valence-electron chi connectivity index (χ2n) is 6.81. The topological polar surface area (TPSA) is 64.7 Å². The summed E-state index contributed by atoms with van der Waals surface area (Å²) < 4.78 is 0. The SMILES string of the molecule is Cl.O=C(NC1CCCNC1)C1CCCN(C(=O)N2CCCC2)C1. The fourth-order valence-electron chi connectivity index (χ4n) is 3.77. The molecule has 132 valence electrons. The third kappa shape index (κ3) is 4.73. The molecule has 0 bridgehead atoms. The van der Waals surface area contributed by atoms with Gasteiger partial charge in [-0.3, -0.25) is 4.79 Å². The van der Waals surface area contributed by atoms with Crippen LogP contribution in [-0.2, 0) is 4.79 Å². The van der Waals surface area contributed by atoms with Crippen molar-refractivity contribution in [1.82, 2.24) is 20.4 Å². The molecule has 0 aliphatic carbocycles. The average molecular weight is 345 g/mol. The minimum absolute atomic E-state index is 0. The van der Waals surface area contributed by atoms with Crippen LogP contribution in [0.15, 0.2) is 0 Å². The molecule has 0 spiro atoms. The Morgan fingerprint density at radius 3 is 2.39 bits per heavy atom. The molecular weight excluding hydrogens is 316 g/mol. The van der Waals surface area contributed by atoms with Gasteiger partial charge in [0.1, 0.15) is 0 Å². The van der Waals surface area contributed by atoms with E-state index in [4.69, 9.17) is 0 Å². The normalized spacial score (nSPS) is 28.2. The Labute approximate surface area is 144 Å². The molecule has 0 radical (unpaired) electrons. The van der Waals surface area contributed by atoms with Gasteiger partial charge in [0.25, 0.3) is 0 Å². The number of carbonyl (C=O) groups is 2. The molecule has 2 unspecified atom stereocenters. The number of nitrogens with one attached hydrogen (secondary N) is 2. The van der Waals surface area contributed by atoms with Crippen molar-refractivity contribution in [1.29, 1.82) is 0 Å². The maximum atomic E-state index is 12.5. The van der Waals surface area contributed by atoms with Gasteiger partial charge in [-0.05, 0) is 45.1 Å². The van der Waals surface area contributed by atoms with E-state index in [2.05, 4.69) is 10.6 Å². The number of hydrogen-bond acceptors (Lipinski definition) is 3. The number of amides is 3. The standard InChI is InChI=1S/C16H28N4O2.ClH/c21-15(18-14-6-3-7-17-11-14)13-5-4-10-20(12-13)16(22)19-8-1-2-9-19;/h13-14,17H,1-12H2,(H,18,21);1H. The minimum atomic E-state index is -0.0396. The van der Waals surface area contributed by atoms with E-state index in [1.54, 1.807) is 0 Å². The van der Waals surface area contributed by atoms with Crippen molar-refractivity contribution in [2.75, 3.05) is 39.3 Å². The Morgan fingerprint density at radius 2 is 1.70 bits per heavy atom. The number of urea groups is 1. The van der Waals surface area contributed by atoms with Gasteiger partial charge < -0.3 is 20.4 Å². The highest BCUT2D eigenvalue weighted by molar-refractivity contribution is 5.85. The maximum Gasteiger partial charge on any atom is 0.320 e. The van der Waals surface area contributed by atoms with Crippen LogP contribution in [0.25, 0.3) is 0 Å². The zero-order valence-electron chi connectivity index (χ0n) is 13.8. The highest BCUT2D eigenvalue weighted by atomic mass is 35.5. The Morgan fingerprint density at radius 1 is 0.957 bits per heavy atom. The molecule has 3 heterocycles. The molecule has 2 atom stereocenters. The summed E-state index contributed by atoms with van der Waals surface area (Å²) in [5.74, 6) is 0.0925. The molecule has 3 rings (SSSR count). The summed E-state index contributed by atoms with van der Waals surface area (Å²) in [6.07, 6.45) is 6.23. The van der Waals surface area contributed by atoms with E-state index >= 15 is 0 Å². The third-order valence-corrected chi connectivity index (χ3v) is 5.08. The summed E-state index contributed by atoms with van der Waals surface area (Å²) in [6, 6.07) is 0.389. The van der Waals surface area contributed by atoms with E-state index in [0.717, 1.165) is 71.2 Å². The lowest BCUT2D eigenvalue weighted by Gasteiger charge is -2.35. The zero-order chi connectivity index (χ0) is 15.4. The number of piperidine rings is 2. The molecule has 23 heavy (non-hydrogen) atoms. The molecule has 7 heteroatoms. The number of carbonyl (C=O) groups excluding carboxylic acids is 2. The van der Waals surface area contributed by atoms with Crippen molar-refractivity contribution in [2.24, 2.45) is 5.92 Å². The van der Waals surface area contributed by atoms with Crippen LogP contribution in [0.5, 0.6) is 0 Å². The average Bonchev–Trinajstić information content (AvgIpc) is 3.09. The first-order valence-electron chi connectivity index (χ1n) is 8.79. The van der Waals surface area contributed by atoms with E-state index in [1.807, 2.05) is 9.80 Å². The molecule has 3 aliphatic heterocycles. The maximum absolute atomic E-state index is 12.5. The van der Waals surface area contributed by atoms with Crippen molar-refractivity contribution < 1.29 is 9.59 Å². The smallest absolute Gasteiger partial charge is 0.320 e. The molecule has 2 N–H and O–H groups in total. The van der Waals surface area contributed by atoms with Crippen LogP contribution in [0.2, 0.25) is 0 Å². The minimum Gasteiger partial charge on any atom is -0.352 e. The van der Waals surface area contributed by atoms with Crippen LogP contribution in [-0.4, -0.2) is 67.0 Å². The molecule has 3 saturated heterocycles. The summed E-state index contributed by atoms with van der Waals surface area (Å²) in [5, 5.41) is 6.49. The van der Waals surface area contributed by atoms with Crippen molar-refractivity contribution in [3.05, 3.63) is 0 Å². The third-order valence-electron chi connectivity index (χ3n) is 5.08. The Bertz CT molecular complexity index is 409. The van der Waals surface area contributed by atoms with Gasteiger partial charge in [-0.25, -0.2) is 4.79 Å². The Balaban J connectivity index is 0.00000192. The second kappa shape index (κ2) is 8.73. The summed E-state index contributed by atoms with van der Waals surface area (Å²) in [6.45, 7) is 5.05. The number of halogens is 1. The molecule has 0 aromatic rings. The lowest BCUT2D eigenvalue weighted by Crippen LogP contribution is -2.52. The lowest BCUT2D eigenvalue weighted by molar-refractivity contribution is -0.127. The summed E-state index contributed by atoms with van der Waals surface area (Å²) in [4.78, 5) is 28.8. The molecule has 3 amide bonds. The van der Waals surface area contributed by atoms with Gasteiger partial charge in [-0.1, -0.05) is 0 Å². The Hall–Kier alpha value is -1.01. The van der Waals surface area contributed by atoms with E-state index in [0.29, 0.717) is 6.54 Å². The predicted molar refractivity (Wildman–Crippen MR) is 91.8 cm³/mol. The fourth-order valence-corrected chi connectivity index (χ4v) is 3.77. The van der Waals surface area contributed by atoms with Gasteiger partial charge in [0, 0.05) is 38.8 Å². The van der Waals surface area contributed by atoms with Gasteiger partial charge in [0.05, 0.1) is 5.92 Å². The highest BCUT2D eigenvalue weighted by Crippen LogP contribution is 2.20. The Kier molecular flexibility index (Phi) is 6.96. The summed E-state index contributed by atoms with van der Waals surface area (Å²) in [5.41, 5.74) is 0. The molecule has 3 fully saturated rings. The monoisotopic (exact) mass is 344 g/mol. The first kappa shape index (κ1) is 18.3. The highest BCUT2D eigenvalue weighted by Gasteiger charge is 2.32. The zero-order valence-corrected chi connectivity index (χ0v) is 14.6. The van der Waals surface area contributed by atoms with Crippen LogP contribution < -0.4 is 10.6 Å². The number of nitrogens with zero attached hydrogens (tertiary/aromatic N) is 2. The molecule has 0 saturated carbocycles. The van der Waals surface area contributed by atoms with Gasteiger partial charge >= 0.3 is 6.03 Å². The van der Waals surface area contributed by atoms with E-state index in [-0.39, 0.29) is 36.3 Å². The quantitative estimate of drug-likeness (QED) is 0.791. The van der Waals surface area contributed by atoms with Crippen LogP contribution in [0.3, 0.4) is 0 Å². The van der Waals surface area contributed by atoms with Gasteiger partial charge in [0.15, 0.2) is 0 Å². The second-order valence-corrected chi connectivity index (χ2v) is 6.81. The predicted octanol–water partition coefficient (Wildman–Crippen LogP) is 1.20. The van der Waals surface area contributed by atoms with Gasteiger partial charge in [0.2, 0.25) is 5.91 Å². The van der Waals surface area contributed by atoms with Crippen molar-refractivity contribution in [3.63, 3.8) is 0 Å². The fraction of sp³-hybridized carbons (Fsp3) is 0.875. The van der Waals surface area contributed by atoms with Crippen LogP contribution >= 0.6 is 12.4 Å². The van der Waals surface area contributed by atoms with Gasteiger partial charge in [-0.2, -0.15) is 0 Å². The van der Waals surface area contributed by atoms with Crippen LogP contribution in [0.4, 0.5) is 4.79 Å². The first-order valence-corrected chi connectivity index (χ1v) is 8.79. The van der Waals surface area contributed by atoms with Crippen molar-refractivity contribution >= 4 is 24.3 Å². The number of likely N-dealkylation sites (tertiary alicyclic amines) is 2. The molecule has 3 aliphatic rings. The van der Waals surface area contributed by atoms with E-state index in [9.17, 15) is 9.59 Å². The van der Waals surface area contributed by atoms with E-state index < -0.39 is 0 Å². The molecule has 0 aromatic carbocycles. The van der Waals surface area contributed by atoms with Crippen molar-refractivity contribution in [3.8, 4) is 0 Å². The first-order chi connectivity index (χ1) is 10.7. The number of hydrogen-bond donors (Lipinski definition) is 2. The summed E-state index contributed by atoms with van der Waals surface area (Å²) >= 11 is 0. The molecular formula is C16H29ClN4O2. The van der Waals surface area contributed by atoms with Crippen LogP contribution in [0.1, 0.15) is 38.5 Å². The van der Waals surface area contributed by atoms with Crippen LogP contribution in [0, 0.1) is 5.92 Å². The van der Waals surface area contributed by atoms with Gasteiger partial charge in [-0.15, -0.1) is 12.4 Å². The lowest BCUT2D eigenvalue weighted by atomic mass is 9.96. The van der Waals surface area contributed by atoms with E-state index in [1.165, 1.54) is 0 Å². The number of rotatable bonds is 2. The largest absolute Gasteiger partial charge is 0.352 e.